The standard InChI is InChI=1S/C21H25ClFN5/c1-21(2,3)12-18-25-26-20-19(22)17(13-24-28(18)20)27-10-8-15(9-11-27)14-4-6-16(23)7-5-14/h4-7,13,15H,8-12H2,1-3H3. The number of nitrogens with zero attached hydrogens (tertiary/aromatic N) is 5. The third-order valence-electron chi connectivity index (χ3n) is 5.29. The quantitative estimate of drug-likeness (QED) is 0.626. The summed E-state index contributed by atoms with van der Waals surface area (Å²) >= 11 is 6.68. The van der Waals surface area contributed by atoms with Gasteiger partial charge in [-0.2, -0.15) is 9.61 Å². The topological polar surface area (TPSA) is 46.3 Å². The first kappa shape index (κ1) is 19.1. The van der Waals surface area contributed by atoms with Crippen molar-refractivity contribution in [2.45, 2.75) is 46.0 Å². The number of benzene rings is 1. The summed E-state index contributed by atoms with van der Waals surface area (Å²) in [6.45, 7) is 8.24. The summed E-state index contributed by atoms with van der Waals surface area (Å²) in [4.78, 5) is 2.26. The van der Waals surface area contributed by atoms with E-state index >= 15 is 0 Å². The smallest absolute Gasteiger partial charge is 0.198 e. The number of halogens is 2. The maximum Gasteiger partial charge on any atom is 0.198 e. The third-order valence-corrected chi connectivity index (χ3v) is 5.65. The molecule has 0 spiro atoms. The van der Waals surface area contributed by atoms with Crippen LogP contribution in [0.1, 0.15) is 50.9 Å². The van der Waals surface area contributed by atoms with E-state index in [2.05, 4.69) is 41.0 Å². The molecule has 1 fully saturated rings. The van der Waals surface area contributed by atoms with E-state index in [1.165, 1.54) is 17.7 Å². The molecule has 1 aliphatic rings. The summed E-state index contributed by atoms with van der Waals surface area (Å²) < 4.78 is 14.9. The van der Waals surface area contributed by atoms with Crippen LogP contribution in [0.3, 0.4) is 0 Å². The van der Waals surface area contributed by atoms with Gasteiger partial charge in [0.15, 0.2) is 11.5 Å². The van der Waals surface area contributed by atoms with Crippen molar-refractivity contribution in [2.75, 3.05) is 18.0 Å². The van der Waals surface area contributed by atoms with Crippen LogP contribution < -0.4 is 4.90 Å². The van der Waals surface area contributed by atoms with Crippen molar-refractivity contribution in [1.29, 1.82) is 0 Å². The number of rotatable bonds is 3. The molecule has 1 aromatic carbocycles. The predicted molar refractivity (Wildman–Crippen MR) is 110 cm³/mol. The molecular formula is C21H25ClFN5. The monoisotopic (exact) mass is 401 g/mol. The first-order valence-corrected chi connectivity index (χ1v) is 10.1. The summed E-state index contributed by atoms with van der Waals surface area (Å²) in [7, 11) is 0. The molecule has 0 aliphatic carbocycles. The lowest BCUT2D eigenvalue weighted by Crippen LogP contribution is -2.33. The molecule has 0 bridgehead atoms. The number of fused-ring (bicyclic) bond motifs is 1. The molecule has 0 saturated carbocycles. The van der Waals surface area contributed by atoms with Gasteiger partial charge in [0.25, 0.3) is 0 Å². The van der Waals surface area contributed by atoms with Gasteiger partial charge in [0.2, 0.25) is 0 Å². The number of hydrogen-bond acceptors (Lipinski definition) is 4. The van der Waals surface area contributed by atoms with Crippen LogP contribution in [-0.4, -0.2) is 32.9 Å². The zero-order chi connectivity index (χ0) is 19.9. The molecule has 28 heavy (non-hydrogen) atoms. The van der Waals surface area contributed by atoms with Gasteiger partial charge in [-0.25, -0.2) is 4.39 Å². The van der Waals surface area contributed by atoms with E-state index < -0.39 is 0 Å². The Balaban J connectivity index is 1.52. The third kappa shape index (κ3) is 3.83. The summed E-state index contributed by atoms with van der Waals surface area (Å²) in [5.74, 6) is 1.08. The van der Waals surface area contributed by atoms with Gasteiger partial charge in [-0.1, -0.05) is 44.5 Å². The minimum absolute atomic E-state index is 0.0953. The molecule has 2 aromatic heterocycles. The fourth-order valence-electron chi connectivity index (χ4n) is 3.85. The van der Waals surface area contributed by atoms with Crippen LogP contribution in [0.25, 0.3) is 5.65 Å². The molecular weight excluding hydrogens is 377 g/mol. The van der Waals surface area contributed by atoms with E-state index in [9.17, 15) is 4.39 Å². The van der Waals surface area contributed by atoms with E-state index in [0.29, 0.717) is 16.6 Å². The second-order valence-corrected chi connectivity index (χ2v) is 9.12. The van der Waals surface area contributed by atoms with Crippen molar-refractivity contribution in [3.63, 3.8) is 0 Å². The molecule has 0 N–H and O–H groups in total. The van der Waals surface area contributed by atoms with Gasteiger partial charge in [0.1, 0.15) is 10.8 Å². The maximum atomic E-state index is 13.2. The van der Waals surface area contributed by atoms with Crippen LogP contribution in [0.5, 0.6) is 0 Å². The van der Waals surface area contributed by atoms with Gasteiger partial charge in [-0.3, -0.25) is 0 Å². The van der Waals surface area contributed by atoms with E-state index in [1.807, 2.05) is 18.3 Å². The first-order valence-electron chi connectivity index (χ1n) is 9.71. The number of hydrogen-bond donors (Lipinski definition) is 0. The van der Waals surface area contributed by atoms with Crippen LogP contribution in [0.4, 0.5) is 10.1 Å². The molecule has 0 radical (unpaired) electrons. The predicted octanol–water partition coefficient (Wildman–Crippen LogP) is 4.89. The number of anilines is 1. The number of aromatic nitrogens is 4. The normalized spacial score (nSPS) is 16.1. The lowest BCUT2D eigenvalue weighted by Gasteiger charge is -2.34. The van der Waals surface area contributed by atoms with E-state index in [4.69, 9.17) is 11.6 Å². The fourth-order valence-corrected chi connectivity index (χ4v) is 4.13. The summed E-state index contributed by atoms with van der Waals surface area (Å²) in [5, 5.41) is 13.8. The molecule has 3 heterocycles. The van der Waals surface area contributed by atoms with Crippen molar-refractivity contribution < 1.29 is 4.39 Å². The second-order valence-electron chi connectivity index (χ2n) is 8.75. The highest BCUT2D eigenvalue weighted by Crippen LogP contribution is 2.35. The Morgan fingerprint density at radius 1 is 1.11 bits per heavy atom. The Hall–Kier alpha value is -2.21. The molecule has 0 atom stereocenters. The van der Waals surface area contributed by atoms with Crippen molar-refractivity contribution in [1.82, 2.24) is 19.8 Å². The van der Waals surface area contributed by atoms with E-state index in [1.54, 1.807) is 4.52 Å². The Bertz CT molecular complexity index is 969. The SMILES string of the molecule is CC(C)(C)Cc1nnc2c(Cl)c(N3CCC(c4ccc(F)cc4)CC3)cnn12. The Morgan fingerprint density at radius 3 is 2.43 bits per heavy atom. The van der Waals surface area contributed by atoms with Crippen molar-refractivity contribution in [2.24, 2.45) is 5.41 Å². The van der Waals surface area contributed by atoms with E-state index in [0.717, 1.165) is 43.9 Å². The van der Waals surface area contributed by atoms with Gasteiger partial charge in [0.05, 0.1) is 11.9 Å². The molecule has 7 heteroatoms. The highest BCUT2D eigenvalue weighted by molar-refractivity contribution is 6.36. The Kier molecular flexibility index (Phi) is 5.00. The largest absolute Gasteiger partial charge is 0.369 e. The molecule has 1 saturated heterocycles. The van der Waals surface area contributed by atoms with Crippen LogP contribution >= 0.6 is 11.6 Å². The molecule has 1 aliphatic heterocycles. The zero-order valence-corrected chi connectivity index (χ0v) is 17.2. The van der Waals surface area contributed by atoms with Gasteiger partial charge in [-0.05, 0) is 41.9 Å². The zero-order valence-electron chi connectivity index (χ0n) is 16.5. The van der Waals surface area contributed by atoms with Crippen LogP contribution in [-0.2, 0) is 6.42 Å². The summed E-state index contributed by atoms with van der Waals surface area (Å²) in [6.07, 6.45) is 4.59. The van der Waals surface area contributed by atoms with Crippen molar-refractivity contribution in [3.05, 3.63) is 52.7 Å². The van der Waals surface area contributed by atoms with E-state index in [-0.39, 0.29) is 11.2 Å². The van der Waals surface area contributed by atoms with Crippen molar-refractivity contribution >= 4 is 22.9 Å². The molecule has 3 aromatic rings. The van der Waals surface area contributed by atoms with Gasteiger partial charge in [0, 0.05) is 19.5 Å². The summed E-state index contributed by atoms with van der Waals surface area (Å²) in [6, 6.07) is 6.86. The minimum Gasteiger partial charge on any atom is -0.369 e. The van der Waals surface area contributed by atoms with Gasteiger partial charge in [-0.15, -0.1) is 10.2 Å². The Morgan fingerprint density at radius 2 is 1.79 bits per heavy atom. The summed E-state index contributed by atoms with van der Waals surface area (Å²) in [5.41, 5.74) is 2.81. The highest BCUT2D eigenvalue weighted by atomic mass is 35.5. The molecule has 0 amide bonds. The van der Waals surface area contributed by atoms with Gasteiger partial charge >= 0.3 is 0 Å². The van der Waals surface area contributed by atoms with Crippen LogP contribution in [0, 0.1) is 11.2 Å². The molecule has 5 nitrogen and oxygen atoms in total. The average molecular weight is 402 g/mol. The van der Waals surface area contributed by atoms with Crippen molar-refractivity contribution in [3.8, 4) is 0 Å². The maximum absolute atomic E-state index is 13.2. The lowest BCUT2D eigenvalue weighted by atomic mass is 9.89. The fraction of sp³-hybridized carbons (Fsp3) is 0.476. The molecule has 0 unspecified atom stereocenters. The van der Waals surface area contributed by atoms with Crippen LogP contribution in [0.15, 0.2) is 30.5 Å². The van der Waals surface area contributed by atoms with Gasteiger partial charge < -0.3 is 4.90 Å². The average Bonchev–Trinajstić information content (AvgIpc) is 3.05. The molecule has 4 rings (SSSR count). The second kappa shape index (κ2) is 7.32. The molecule has 148 valence electrons. The lowest BCUT2D eigenvalue weighted by molar-refractivity contribution is 0.396. The van der Waals surface area contributed by atoms with Crippen LogP contribution in [0.2, 0.25) is 5.02 Å². The first-order chi connectivity index (χ1) is 13.3. The Labute approximate surface area is 169 Å². The minimum atomic E-state index is -0.188. The highest BCUT2D eigenvalue weighted by Gasteiger charge is 2.25. The number of piperidine rings is 1.